The Morgan fingerprint density at radius 2 is 1.95 bits per heavy atom. The van der Waals surface area contributed by atoms with Gasteiger partial charge in [-0.3, -0.25) is 0 Å². The highest BCUT2D eigenvalue weighted by molar-refractivity contribution is 5.08. The highest BCUT2D eigenvalue weighted by atomic mass is 16.5. The van der Waals surface area contributed by atoms with Crippen LogP contribution in [0.5, 0.6) is 0 Å². The molecular formula is C18H30O2. The minimum absolute atomic E-state index is 0.0723. The van der Waals surface area contributed by atoms with E-state index in [1.165, 1.54) is 51.4 Å². The van der Waals surface area contributed by atoms with Crippen LogP contribution in [-0.4, -0.2) is 23.9 Å². The first-order valence-electron chi connectivity index (χ1n) is 8.87. The van der Waals surface area contributed by atoms with Crippen molar-refractivity contribution in [2.75, 3.05) is 6.61 Å². The standard InChI is InChI=1S/C18H30O2/c1-17-8-13-7-14(9-17)11-18(10-13,12-17)16(19)5-4-15-3-2-6-20-15/h13-16,19H,2-12H2,1H3. The van der Waals surface area contributed by atoms with Crippen LogP contribution in [0.2, 0.25) is 0 Å². The van der Waals surface area contributed by atoms with Crippen molar-refractivity contribution in [3.63, 3.8) is 0 Å². The third-order valence-corrected chi connectivity index (χ3v) is 6.89. The van der Waals surface area contributed by atoms with E-state index in [1.807, 2.05) is 0 Å². The zero-order valence-corrected chi connectivity index (χ0v) is 12.9. The van der Waals surface area contributed by atoms with Crippen molar-refractivity contribution in [1.29, 1.82) is 0 Å². The van der Waals surface area contributed by atoms with E-state index in [0.717, 1.165) is 31.3 Å². The predicted molar refractivity (Wildman–Crippen MR) is 79.4 cm³/mol. The van der Waals surface area contributed by atoms with E-state index in [1.54, 1.807) is 0 Å². The summed E-state index contributed by atoms with van der Waals surface area (Å²) in [7, 11) is 0. The molecule has 4 saturated carbocycles. The van der Waals surface area contributed by atoms with Crippen molar-refractivity contribution in [3.05, 3.63) is 0 Å². The third-order valence-electron chi connectivity index (χ3n) is 6.89. The average molecular weight is 278 g/mol. The van der Waals surface area contributed by atoms with Crippen LogP contribution in [0, 0.1) is 22.7 Å². The molecule has 1 saturated heterocycles. The summed E-state index contributed by atoms with van der Waals surface area (Å²) in [5, 5.41) is 10.9. The Hall–Kier alpha value is -0.0800. The Kier molecular flexibility index (Phi) is 3.20. The second kappa shape index (κ2) is 4.71. The Morgan fingerprint density at radius 1 is 1.20 bits per heavy atom. The molecule has 0 aromatic rings. The zero-order valence-electron chi connectivity index (χ0n) is 12.9. The summed E-state index contributed by atoms with van der Waals surface area (Å²) in [6.07, 6.45) is 13.1. The molecule has 4 atom stereocenters. The largest absolute Gasteiger partial charge is 0.393 e. The van der Waals surface area contributed by atoms with Crippen molar-refractivity contribution in [2.24, 2.45) is 22.7 Å². The van der Waals surface area contributed by atoms with Crippen LogP contribution in [0.4, 0.5) is 0 Å². The van der Waals surface area contributed by atoms with Crippen molar-refractivity contribution < 1.29 is 9.84 Å². The summed E-state index contributed by atoms with van der Waals surface area (Å²) in [5.41, 5.74) is 0.826. The number of aliphatic hydroxyl groups excluding tert-OH is 1. The minimum Gasteiger partial charge on any atom is -0.393 e. The van der Waals surface area contributed by atoms with Crippen LogP contribution >= 0.6 is 0 Å². The van der Waals surface area contributed by atoms with Gasteiger partial charge in [0.1, 0.15) is 0 Å². The van der Waals surface area contributed by atoms with Crippen molar-refractivity contribution in [1.82, 2.24) is 0 Å². The first-order chi connectivity index (χ1) is 9.57. The van der Waals surface area contributed by atoms with Gasteiger partial charge in [0.15, 0.2) is 0 Å². The van der Waals surface area contributed by atoms with E-state index in [9.17, 15) is 5.11 Å². The molecular weight excluding hydrogens is 248 g/mol. The molecule has 5 aliphatic rings. The summed E-state index contributed by atoms with van der Waals surface area (Å²) >= 11 is 0. The van der Waals surface area contributed by atoms with Crippen LogP contribution in [0.15, 0.2) is 0 Å². The minimum atomic E-state index is -0.0723. The van der Waals surface area contributed by atoms with E-state index in [4.69, 9.17) is 4.74 Å². The lowest BCUT2D eigenvalue weighted by molar-refractivity contribution is -0.156. The maximum Gasteiger partial charge on any atom is 0.0597 e. The maximum absolute atomic E-state index is 10.9. The van der Waals surface area contributed by atoms with Gasteiger partial charge in [-0.25, -0.2) is 0 Å². The average Bonchev–Trinajstić information content (AvgIpc) is 2.85. The van der Waals surface area contributed by atoms with E-state index in [2.05, 4.69) is 6.92 Å². The molecule has 1 N–H and O–H groups in total. The molecule has 114 valence electrons. The molecule has 4 aliphatic carbocycles. The van der Waals surface area contributed by atoms with Gasteiger partial charge in [0, 0.05) is 6.61 Å². The molecule has 1 aliphatic heterocycles. The molecule has 0 spiro atoms. The molecule has 2 nitrogen and oxygen atoms in total. The second-order valence-corrected chi connectivity index (χ2v) is 8.86. The number of aliphatic hydroxyl groups is 1. The van der Waals surface area contributed by atoms with E-state index in [0.29, 0.717) is 11.5 Å². The molecule has 5 rings (SSSR count). The molecule has 0 aromatic carbocycles. The van der Waals surface area contributed by atoms with Crippen molar-refractivity contribution in [3.8, 4) is 0 Å². The fraction of sp³-hybridized carbons (Fsp3) is 1.00. The first kappa shape index (κ1) is 13.6. The maximum atomic E-state index is 10.9. The molecule has 0 aromatic heterocycles. The highest BCUT2D eigenvalue weighted by Gasteiger charge is 2.57. The summed E-state index contributed by atoms with van der Waals surface area (Å²) in [5.74, 6) is 1.83. The molecule has 0 amide bonds. The Labute approximate surface area is 123 Å². The molecule has 1 heterocycles. The Morgan fingerprint density at radius 3 is 2.55 bits per heavy atom. The van der Waals surface area contributed by atoms with E-state index < -0.39 is 0 Å². The molecule has 4 unspecified atom stereocenters. The summed E-state index contributed by atoms with van der Waals surface area (Å²) < 4.78 is 5.73. The SMILES string of the molecule is CC12CC3CC(C1)CC(C(O)CCC1CCCO1)(C3)C2. The zero-order chi connectivity index (χ0) is 13.8. The molecule has 4 bridgehead atoms. The van der Waals surface area contributed by atoms with Gasteiger partial charge in [0.25, 0.3) is 0 Å². The second-order valence-electron chi connectivity index (χ2n) is 8.86. The fourth-order valence-corrected chi connectivity index (χ4v) is 6.71. The van der Waals surface area contributed by atoms with Gasteiger partial charge >= 0.3 is 0 Å². The first-order valence-corrected chi connectivity index (χ1v) is 8.87. The van der Waals surface area contributed by atoms with Gasteiger partial charge in [-0.05, 0) is 86.9 Å². The Bertz CT molecular complexity index is 358. The molecule has 2 heteroatoms. The third kappa shape index (κ3) is 2.23. The number of ether oxygens (including phenoxy) is 1. The predicted octanol–water partition coefficient (Wildman–Crippen LogP) is 3.91. The normalized spacial score (nSPS) is 51.6. The fourth-order valence-electron chi connectivity index (χ4n) is 6.71. The van der Waals surface area contributed by atoms with E-state index in [-0.39, 0.29) is 11.5 Å². The lowest BCUT2D eigenvalue weighted by Gasteiger charge is -2.62. The monoisotopic (exact) mass is 278 g/mol. The molecule has 0 radical (unpaired) electrons. The number of rotatable bonds is 4. The summed E-state index contributed by atoms with van der Waals surface area (Å²) in [6.45, 7) is 3.43. The summed E-state index contributed by atoms with van der Waals surface area (Å²) in [4.78, 5) is 0. The topological polar surface area (TPSA) is 29.5 Å². The van der Waals surface area contributed by atoms with Crippen LogP contribution in [-0.2, 0) is 4.74 Å². The molecule has 20 heavy (non-hydrogen) atoms. The lowest BCUT2D eigenvalue weighted by atomic mass is 9.43. The van der Waals surface area contributed by atoms with Crippen molar-refractivity contribution >= 4 is 0 Å². The van der Waals surface area contributed by atoms with Crippen LogP contribution in [0.1, 0.15) is 71.1 Å². The van der Waals surface area contributed by atoms with Crippen LogP contribution < -0.4 is 0 Å². The highest BCUT2D eigenvalue weighted by Crippen LogP contribution is 2.66. The number of hydrogen-bond acceptors (Lipinski definition) is 2. The quantitative estimate of drug-likeness (QED) is 0.844. The molecule has 5 fully saturated rings. The van der Waals surface area contributed by atoms with E-state index >= 15 is 0 Å². The van der Waals surface area contributed by atoms with Gasteiger partial charge < -0.3 is 9.84 Å². The van der Waals surface area contributed by atoms with Gasteiger partial charge in [-0.1, -0.05) is 6.92 Å². The van der Waals surface area contributed by atoms with Gasteiger partial charge in [-0.2, -0.15) is 0 Å². The smallest absolute Gasteiger partial charge is 0.0597 e. The number of hydrogen-bond donors (Lipinski definition) is 1. The van der Waals surface area contributed by atoms with Gasteiger partial charge in [0.05, 0.1) is 12.2 Å². The Balaban J connectivity index is 1.43. The van der Waals surface area contributed by atoms with Crippen LogP contribution in [0.3, 0.4) is 0 Å². The van der Waals surface area contributed by atoms with Crippen LogP contribution in [0.25, 0.3) is 0 Å². The lowest BCUT2D eigenvalue weighted by Crippen LogP contribution is -2.55. The summed E-state index contributed by atoms with van der Waals surface area (Å²) in [6, 6.07) is 0. The van der Waals surface area contributed by atoms with Gasteiger partial charge in [-0.15, -0.1) is 0 Å². The van der Waals surface area contributed by atoms with Gasteiger partial charge in [0.2, 0.25) is 0 Å². The van der Waals surface area contributed by atoms with Crippen molar-refractivity contribution in [2.45, 2.75) is 83.3 Å².